The number of ether oxygens (including phenoxy) is 3. The molecule has 9 nitrogen and oxygen atoms in total. The number of halogens is 1. The van der Waals surface area contributed by atoms with Gasteiger partial charge in [0.1, 0.15) is 19.0 Å². The van der Waals surface area contributed by atoms with Crippen LogP contribution in [0.25, 0.3) is 11.0 Å². The molecule has 7 rings (SSSR count). The number of likely N-dealkylation sites (tertiary alicyclic amines) is 1. The first kappa shape index (κ1) is 28.1. The first-order chi connectivity index (χ1) is 20.9. The van der Waals surface area contributed by atoms with Crippen LogP contribution in [0.5, 0.6) is 11.5 Å². The summed E-state index contributed by atoms with van der Waals surface area (Å²) in [5, 5.41) is 10.2. The summed E-state index contributed by atoms with van der Waals surface area (Å²) in [6, 6.07) is 15.2. The number of hydrogen-bond acceptors (Lipinski definition) is 7. The molecule has 224 valence electrons. The Morgan fingerprint density at radius 1 is 1.09 bits per heavy atom. The number of carbonyl (C=O) groups is 1. The van der Waals surface area contributed by atoms with Gasteiger partial charge in [-0.25, -0.2) is 9.78 Å². The molecular formula is C33H35ClN4O5. The maximum Gasteiger partial charge on any atom is 0.335 e. The molecular weight excluding hydrogens is 568 g/mol. The average molecular weight is 603 g/mol. The van der Waals surface area contributed by atoms with Gasteiger partial charge in [0.15, 0.2) is 11.5 Å². The number of pyridine rings is 1. The number of nitrogens with zero attached hydrogens (tertiary/aromatic N) is 4. The van der Waals surface area contributed by atoms with Crippen molar-refractivity contribution in [3.05, 3.63) is 82.4 Å². The average Bonchev–Trinajstić information content (AvgIpc) is 3.22. The van der Waals surface area contributed by atoms with Gasteiger partial charge in [-0.1, -0.05) is 23.7 Å². The van der Waals surface area contributed by atoms with E-state index >= 15 is 0 Å². The van der Waals surface area contributed by atoms with Crippen LogP contribution in [-0.4, -0.2) is 69.5 Å². The molecule has 5 heterocycles. The van der Waals surface area contributed by atoms with Crippen molar-refractivity contribution in [2.24, 2.45) is 0 Å². The zero-order valence-corrected chi connectivity index (χ0v) is 24.9. The zero-order chi connectivity index (χ0) is 29.6. The van der Waals surface area contributed by atoms with Gasteiger partial charge in [-0.3, -0.25) is 9.88 Å². The van der Waals surface area contributed by atoms with Crippen molar-refractivity contribution < 1.29 is 24.1 Å². The Morgan fingerprint density at radius 2 is 1.91 bits per heavy atom. The topological polar surface area (TPSA) is 98.9 Å². The van der Waals surface area contributed by atoms with Crippen molar-refractivity contribution in [2.45, 2.75) is 56.7 Å². The Hall–Kier alpha value is -3.66. The van der Waals surface area contributed by atoms with Gasteiger partial charge in [0.2, 0.25) is 0 Å². The lowest BCUT2D eigenvalue weighted by molar-refractivity contribution is -0.0592. The molecule has 43 heavy (non-hydrogen) atoms. The summed E-state index contributed by atoms with van der Waals surface area (Å²) in [5.74, 6) is 2.00. The van der Waals surface area contributed by atoms with E-state index in [9.17, 15) is 9.90 Å². The molecule has 2 aromatic carbocycles. The molecule has 10 heteroatoms. The third-order valence-electron chi connectivity index (χ3n) is 9.08. The van der Waals surface area contributed by atoms with E-state index in [0.29, 0.717) is 37.2 Å². The lowest BCUT2D eigenvalue weighted by atomic mass is 9.88. The minimum Gasteiger partial charge on any atom is -0.489 e. The second-order valence-electron chi connectivity index (χ2n) is 12.2. The number of carboxylic acid groups (broad SMARTS) is 1. The number of benzene rings is 2. The highest BCUT2D eigenvalue weighted by molar-refractivity contribution is 6.30. The van der Waals surface area contributed by atoms with E-state index in [1.807, 2.05) is 24.3 Å². The number of imidazole rings is 1. The van der Waals surface area contributed by atoms with Crippen LogP contribution in [0, 0.1) is 0 Å². The molecule has 1 N–H and O–H groups in total. The van der Waals surface area contributed by atoms with Crippen molar-refractivity contribution in [3.8, 4) is 11.5 Å². The molecule has 2 aromatic heterocycles. The molecule has 4 aromatic rings. The molecule has 0 saturated carbocycles. The van der Waals surface area contributed by atoms with Crippen LogP contribution in [0.15, 0.2) is 54.7 Å². The largest absolute Gasteiger partial charge is 0.489 e. The summed E-state index contributed by atoms with van der Waals surface area (Å²) in [5.41, 5.74) is 3.64. The zero-order valence-electron chi connectivity index (χ0n) is 24.2. The summed E-state index contributed by atoms with van der Waals surface area (Å²) < 4.78 is 20.7. The molecule has 0 aliphatic carbocycles. The number of fused-ring (bicyclic) bond motifs is 2. The van der Waals surface area contributed by atoms with E-state index in [4.69, 9.17) is 30.8 Å². The highest BCUT2D eigenvalue weighted by Crippen LogP contribution is 2.43. The quantitative estimate of drug-likeness (QED) is 0.288. The first-order valence-corrected chi connectivity index (χ1v) is 15.3. The normalized spacial score (nSPS) is 22.7. The monoisotopic (exact) mass is 602 g/mol. The highest BCUT2D eigenvalue weighted by Gasteiger charge is 2.35. The Labute approximate surface area is 255 Å². The number of piperidine rings is 1. The SMILES string of the molecule is CC1(c2ccc(Cl)cn2)COc2cccc(C3CCN(Cc4nc5ccc(C(=O)O)cc5n4C[C@@H]4CCO4)CC3)c2OC1. The fraction of sp³-hybridized carbons (Fsp3) is 0.424. The summed E-state index contributed by atoms with van der Waals surface area (Å²) in [4.78, 5) is 23.6. The van der Waals surface area contributed by atoms with Crippen LogP contribution in [0.3, 0.4) is 0 Å². The summed E-state index contributed by atoms with van der Waals surface area (Å²) >= 11 is 6.08. The minimum atomic E-state index is -0.933. The molecule has 3 aliphatic heterocycles. The van der Waals surface area contributed by atoms with Gasteiger partial charge in [0, 0.05) is 18.4 Å². The fourth-order valence-corrected chi connectivity index (χ4v) is 6.49. The number of para-hydroxylation sites is 1. The summed E-state index contributed by atoms with van der Waals surface area (Å²) in [7, 11) is 0. The number of aromatic nitrogens is 3. The van der Waals surface area contributed by atoms with E-state index in [2.05, 4.69) is 33.5 Å². The van der Waals surface area contributed by atoms with Crippen LogP contribution in [0.2, 0.25) is 5.02 Å². The van der Waals surface area contributed by atoms with E-state index in [1.165, 1.54) is 5.56 Å². The Morgan fingerprint density at radius 3 is 2.63 bits per heavy atom. The van der Waals surface area contributed by atoms with Crippen LogP contribution < -0.4 is 9.47 Å². The van der Waals surface area contributed by atoms with Crippen molar-refractivity contribution in [2.75, 3.05) is 32.9 Å². The smallest absolute Gasteiger partial charge is 0.335 e. The van der Waals surface area contributed by atoms with Crippen LogP contribution in [0.4, 0.5) is 0 Å². The second kappa shape index (κ2) is 11.4. The van der Waals surface area contributed by atoms with Gasteiger partial charge >= 0.3 is 5.97 Å². The number of carboxylic acids is 1. The molecule has 2 atom stereocenters. The molecule has 0 radical (unpaired) electrons. The van der Waals surface area contributed by atoms with Crippen molar-refractivity contribution >= 4 is 28.6 Å². The fourth-order valence-electron chi connectivity index (χ4n) is 6.38. The first-order valence-electron chi connectivity index (χ1n) is 14.9. The third-order valence-corrected chi connectivity index (χ3v) is 9.31. The maximum absolute atomic E-state index is 11.6. The minimum absolute atomic E-state index is 0.142. The van der Waals surface area contributed by atoms with Crippen molar-refractivity contribution in [1.29, 1.82) is 0 Å². The third kappa shape index (κ3) is 5.57. The van der Waals surface area contributed by atoms with Gasteiger partial charge in [-0.05, 0) is 81.6 Å². The standard InChI is InChI=1S/C33H35ClN4O5/c1-33(29-8-6-23(34)16-35-29)19-42-28-4-2-3-25(31(28)43-20-33)21-9-12-37(13-10-21)18-30-36-26-7-5-22(32(39)40)15-27(26)38(30)17-24-11-14-41-24/h2-8,15-16,21,24H,9-14,17-20H2,1H3,(H,39,40)/t24-,33?/m0/s1. The van der Waals surface area contributed by atoms with Gasteiger partial charge in [0.25, 0.3) is 0 Å². The molecule has 2 saturated heterocycles. The summed E-state index contributed by atoms with van der Waals surface area (Å²) in [6.07, 6.45) is 4.80. The van der Waals surface area contributed by atoms with Crippen LogP contribution >= 0.6 is 11.6 Å². The molecule has 0 amide bonds. The van der Waals surface area contributed by atoms with E-state index < -0.39 is 11.4 Å². The Bertz CT molecular complexity index is 1650. The van der Waals surface area contributed by atoms with Crippen LogP contribution in [0.1, 0.15) is 59.5 Å². The lowest BCUT2D eigenvalue weighted by Crippen LogP contribution is -2.36. The molecule has 0 spiro atoms. The number of hydrogen-bond donors (Lipinski definition) is 1. The second-order valence-corrected chi connectivity index (χ2v) is 12.6. The number of rotatable bonds is 7. The van der Waals surface area contributed by atoms with Crippen LogP contribution in [-0.2, 0) is 23.2 Å². The molecule has 2 fully saturated rings. The molecule has 3 aliphatic rings. The predicted molar refractivity (Wildman–Crippen MR) is 162 cm³/mol. The van der Waals surface area contributed by atoms with Gasteiger partial charge in [0.05, 0.1) is 51.9 Å². The van der Waals surface area contributed by atoms with E-state index in [0.717, 1.165) is 73.0 Å². The van der Waals surface area contributed by atoms with Crippen molar-refractivity contribution in [3.63, 3.8) is 0 Å². The van der Waals surface area contributed by atoms with Gasteiger partial charge in [-0.15, -0.1) is 0 Å². The molecule has 1 unspecified atom stereocenters. The Balaban J connectivity index is 1.06. The molecule has 0 bridgehead atoms. The van der Waals surface area contributed by atoms with Crippen molar-refractivity contribution in [1.82, 2.24) is 19.4 Å². The lowest BCUT2D eigenvalue weighted by Gasteiger charge is -2.33. The highest BCUT2D eigenvalue weighted by atomic mass is 35.5. The van der Waals surface area contributed by atoms with E-state index in [-0.39, 0.29) is 11.7 Å². The van der Waals surface area contributed by atoms with Gasteiger partial charge in [-0.2, -0.15) is 0 Å². The maximum atomic E-state index is 11.6. The van der Waals surface area contributed by atoms with E-state index in [1.54, 1.807) is 18.3 Å². The predicted octanol–water partition coefficient (Wildman–Crippen LogP) is 5.68. The number of aromatic carboxylic acids is 1. The van der Waals surface area contributed by atoms with Gasteiger partial charge < -0.3 is 23.9 Å². The summed E-state index contributed by atoms with van der Waals surface area (Å²) in [6.45, 7) is 7.05. The Kier molecular flexibility index (Phi) is 7.49.